The predicted octanol–water partition coefficient (Wildman–Crippen LogP) is 11.0. The molecule has 0 fully saturated rings. The first-order valence-corrected chi connectivity index (χ1v) is 15.2. The molecule has 0 saturated carbocycles. The Labute approximate surface area is 248 Å². The van der Waals surface area contributed by atoms with Crippen LogP contribution in [0.1, 0.15) is 42.7 Å². The maximum Gasteiger partial charge on any atom is 0.0541 e. The Bertz CT molecular complexity index is 2080. The molecule has 2 aromatic heterocycles. The summed E-state index contributed by atoms with van der Waals surface area (Å²) >= 11 is 0. The molecule has 0 bridgehead atoms. The van der Waals surface area contributed by atoms with Crippen molar-refractivity contribution in [3.05, 3.63) is 138 Å². The average Bonchev–Trinajstić information content (AvgIpc) is 3.55. The molecule has 2 heterocycles. The lowest BCUT2D eigenvalue weighted by molar-refractivity contribution is 0.888. The highest BCUT2D eigenvalue weighted by atomic mass is 15.0. The second kappa shape index (κ2) is 10.5. The molecule has 0 atom stereocenters. The van der Waals surface area contributed by atoms with Gasteiger partial charge in [-0.15, -0.1) is 0 Å². The van der Waals surface area contributed by atoms with Crippen LogP contribution in [0.3, 0.4) is 0 Å². The lowest BCUT2D eigenvalue weighted by atomic mass is 9.95. The molecule has 2 nitrogen and oxygen atoms in total. The fourth-order valence-corrected chi connectivity index (χ4v) is 6.85. The van der Waals surface area contributed by atoms with Crippen LogP contribution in [0.5, 0.6) is 0 Å². The first-order valence-electron chi connectivity index (χ1n) is 15.2. The zero-order valence-corrected chi connectivity index (χ0v) is 24.9. The molecule has 0 N–H and O–H groups in total. The molecule has 0 saturated heterocycles. The Morgan fingerprint density at radius 2 is 1.00 bits per heavy atom. The van der Waals surface area contributed by atoms with Gasteiger partial charge in [0.1, 0.15) is 0 Å². The van der Waals surface area contributed by atoms with Crippen LogP contribution >= 0.6 is 0 Å². The third kappa shape index (κ3) is 4.01. The Hall–Kier alpha value is -4.82. The Balaban J connectivity index is 0.00000141. The minimum absolute atomic E-state index is 1.07. The second-order valence-electron chi connectivity index (χ2n) is 11.0. The van der Waals surface area contributed by atoms with E-state index < -0.39 is 0 Å². The summed E-state index contributed by atoms with van der Waals surface area (Å²) in [4.78, 5) is 0. The van der Waals surface area contributed by atoms with Gasteiger partial charge in [-0.1, -0.05) is 92.7 Å². The van der Waals surface area contributed by atoms with E-state index in [9.17, 15) is 0 Å². The molecule has 0 spiro atoms. The van der Waals surface area contributed by atoms with E-state index in [1.54, 1.807) is 0 Å². The van der Waals surface area contributed by atoms with Crippen LogP contribution in [0.25, 0.3) is 61.3 Å². The van der Waals surface area contributed by atoms with Crippen molar-refractivity contribution in [2.75, 3.05) is 0 Å². The van der Waals surface area contributed by atoms with E-state index in [0.717, 1.165) is 12.8 Å². The second-order valence-corrected chi connectivity index (χ2v) is 11.0. The van der Waals surface area contributed by atoms with Crippen LogP contribution in [0.2, 0.25) is 0 Å². The fraction of sp³-hybridized carbons (Fsp3) is 0.150. The Kier molecular flexibility index (Phi) is 6.55. The highest BCUT2D eigenvalue weighted by Crippen LogP contribution is 2.37. The van der Waals surface area contributed by atoms with Crippen molar-refractivity contribution < 1.29 is 0 Å². The van der Waals surface area contributed by atoms with E-state index in [1.807, 2.05) is 13.8 Å². The van der Waals surface area contributed by atoms with Crippen LogP contribution in [-0.2, 0) is 6.42 Å². The molecule has 7 aromatic rings. The molecular formula is C40H36N2. The van der Waals surface area contributed by atoms with E-state index >= 15 is 0 Å². The number of fused-ring (bicyclic) bond motifs is 6. The zero-order chi connectivity index (χ0) is 28.8. The smallest absolute Gasteiger partial charge is 0.0541 e. The third-order valence-corrected chi connectivity index (χ3v) is 8.65. The maximum absolute atomic E-state index is 2.48. The SMILES string of the molecule is CC.Cc1cc(-n2c3c(c4ccccc42)C=CCC3)ccc1-c1ccc(-n2c3ccccc3c3ccccc32)cc1C. The number of aryl methyl sites for hydroxylation is 2. The highest BCUT2D eigenvalue weighted by molar-refractivity contribution is 6.09. The van der Waals surface area contributed by atoms with Gasteiger partial charge in [-0.25, -0.2) is 0 Å². The van der Waals surface area contributed by atoms with Crippen LogP contribution < -0.4 is 0 Å². The number of allylic oxidation sites excluding steroid dienone is 1. The molecule has 8 rings (SSSR count). The molecule has 1 aliphatic rings. The quantitative estimate of drug-likeness (QED) is 0.209. The Morgan fingerprint density at radius 1 is 0.524 bits per heavy atom. The molecule has 0 aliphatic heterocycles. The number of benzene rings is 5. The summed E-state index contributed by atoms with van der Waals surface area (Å²) in [6.45, 7) is 8.49. The standard InChI is InChI=1S/C38H30N2.C2H6/c1-25-23-27(39-35-15-7-3-11-31(35)32-12-4-8-16-36(32)39)19-21-29(25)30-22-20-28(24-26(30)2)40-37-17-9-5-13-33(37)34-14-6-10-18-38(34)40;1-2/h3-9,11-17,19-24H,10,18H2,1-2H3;1-2H3. The van der Waals surface area contributed by atoms with Crippen LogP contribution in [0, 0.1) is 13.8 Å². The topological polar surface area (TPSA) is 9.86 Å². The molecule has 0 amide bonds. The molecule has 1 aliphatic carbocycles. The van der Waals surface area contributed by atoms with E-state index in [-0.39, 0.29) is 0 Å². The number of nitrogens with zero attached hydrogens (tertiary/aromatic N) is 2. The van der Waals surface area contributed by atoms with Crippen molar-refractivity contribution in [2.24, 2.45) is 0 Å². The van der Waals surface area contributed by atoms with Gasteiger partial charge in [0.2, 0.25) is 0 Å². The molecule has 42 heavy (non-hydrogen) atoms. The third-order valence-electron chi connectivity index (χ3n) is 8.65. The van der Waals surface area contributed by atoms with Crippen molar-refractivity contribution in [2.45, 2.75) is 40.5 Å². The largest absolute Gasteiger partial charge is 0.313 e. The summed E-state index contributed by atoms with van der Waals surface area (Å²) in [5.74, 6) is 0. The first-order chi connectivity index (χ1) is 20.7. The summed E-state index contributed by atoms with van der Waals surface area (Å²) in [5, 5.41) is 3.93. The number of rotatable bonds is 3. The van der Waals surface area contributed by atoms with Gasteiger partial charge in [-0.3, -0.25) is 0 Å². The zero-order valence-electron chi connectivity index (χ0n) is 24.9. The molecule has 5 aromatic carbocycles. The Morgan fingerprint density at radius 3 is 1.55 bits per heavy atom. The minimum atomic E-state index is 1.07. The van der Waals surface area contributed by atoms with Gasteiger partial charge in [0.25, 0.3) is 0 Å². The van der Waals surface area contributed by atoms with Gasteiger partial charge in [0, 0.05) is 38.8 Å². The molecule has 2 heteroatoms. The van der Waals surface area contributed by atoms with Gasteiger partial charge in [0.15, 0.2) is 0 Å². The van der Waals surface area contributed by atoms with Crippen LogP contribution in [-0.4, -0.2) is 9.13 Å². The normalized spacial score (nSPS) is 12.5. The van der Waals surface area contributed by atoms with Crippen molar-refractivity contribution in [3.8, 4) is 22.5 Å². The number of aromatic nitrogens is 2. The summed E-state index contributed by atoms with van der Waals surface area (Å²) in [5.41, 5.74) is 14.2. The molecule has 0 radical (unpaired) electrons. The van der Waals surface area contributed by atoms with E-state index in [2.05, 4.69) is 144 Å². The first kappa shape index (κ1) is 26.1. The van der Waals surface area contributed by atoms with E-state index in [0.29, 0.717) is 0 Å². The van der Waals surface area contributed by atoms with E-state index in [4.69, 9.17) is 0 Å². The molecular weight excluding hydrogens is 508 g/mol. The van der Waals surface area contributed by atoms with Gasteiger partial charge in [0.05, 0.1) is 16.6 Å². The van der Waals surface area contributed by atoms with Gasteiger partial charge >= 0.3 is 0 Å². The lowest BCUT2D eigenvalue weighted by Crippen LogP contribution is -2.03. The van der Waals surface area contributed by atoms with Crippen LogP contribution in [0.4, 0.5) is 0 Å². The van der Waals surface area contributed by atoms with E-state index in [1.165, 1.54) is 77.6 Å². The number of para-hydroxylation sites is 3. The molecule has 0 unspecified atom stereocenters. The van der Waals surface area contributed by atoms with Crippen molar-refractivity contribution in [1.82, 2.24) is 9.13 Å². The van der Waals surface area contributed by atoms with Crippen molar-refractivity contribution in [1.29, 1.82) is 0 Å². The van der Waals surface area contributed by atoms with Gasteiger partial charge < -0.3 is 9.13 Å². The fourth-order valence-electron chi connectivity index (χ4n) is 6.85. The summed E-state index contributed by atoms with van der Waals surface area (Å²) in [7, 11) is 0. The summed E-state index contributed by atoms with van der Waals surface area (Å²) in [6.07, 6.45) is 6.78. The monoisotopic (exact) mass is 544 g/mol. The minimum Gasteiger partial charge on any atom is -0.313 e. The van der Waals surface area contributed by atoms with Crippen molar-refractivity contribution in [3.63, 3.8) is 0 Å². The summed E-state index contributed by atoms with van der Waals surface area (Å²) in [6, 6.07) is 40.1. The lowest BCUT2D eigenvalue weighted by Gasteiger charge is -2.17. The maximum atomic E-state index is 2.48. The number of hydrogen-bond acceptors (Lipinski definition) is 0. The summed E-state index contributed by atoms with van der Waals surface area (Å²) < 4.78 is 4.87. The van der Waals surface area contributed by atoms with Gasteiger partial charge in [-0.05, 0) is 91.4 Å². The molecule has 206 valence electrons. The van der Waals surface area contributed by atoms with Crippen molar-refractivity contribution >= 4 is 38.8 Å². The highest BCUT2D eigenvalue weighted by Gasteiger charge is 2.19. The van der Waals surface area contributed by atoms with Crippen LogP contribution in [0.15, 0.2) is 115 Å². The van der Waals surface area contributed by atoms with Gasteiger partial charge in [-0.2, -0.15) is 0 Å². The average molecular weight is 545 g/mol. The number of hydrogen-bond donors (Lipinski definition) is 0. The predicted molar refractivity (Wildman–Crippen MR) is 181 cm³/mol.